The third-order valence-corrected chi connectivity index (χ3v) is 5.78. The van der Waals surface area contributed by atoms with E-state index in [-0.39, 0.29) is 23.4 Å². The average molecular weight is 453 g/mol. The largest absolute Gasteiger partial charge is 0.465 e. The van der Waals surface area contributed by atoms with E-state index in [4.69, 9.17) is 4.74 Å². The fraction of sp³-hybridized carbons (Fsp3) is 0.250. The first-order chi connectivity index (χ1) is 14.6. The van der Waals surface area contributed by atoms with Crippen LogP contribution in [0.1, 0.15) is 27.6 Å². The highest BCUT2D eigenvalue weighted by Gasteiger charge is 2.30. The van der Waals surface area contributed by atoms with Gasteiger partial charge in [0.15, 0.2) is 0 Å². The molecule has 0 fully saturated rings. The van der Waals surface area contributed by atoms with Crippen LogP contribution in [0.4, 0.5) is 10.1 Å². The number of anilines is 1. The minimum absolute atomic E-state index is 0.0143. The van der Waals surface area contributed by atoms with Crippen molar-refractivity contribution < 1.29 is 41.4 Å². The lowest BCUT2D eigenvalue weighted by Gasteiger charge is -2.24. The number of ether oxygens (including phenoxy) is 3. The number of hydrogen-bond acceptors (Lipinski definition) is 8. The molecule has 0 spiro atoms. The topological polar surface area (TPSA) is 116 Å². The van der Waals surface area contributed by atoms with Crippen molar-refractivity contribution >= 4 is 33.6 Å². The van der Waals surface area contributed by atoms with E-state index in [2.05, 4.69) is 9.47 Å². The molecule has 0 aromatic heterocycles. The number of halogens is 1. The van der Waals surface area contributed by atoms with Crippen LogP contribution >= 0.6 is 0 Å². The van der Waals surface area contributed by atoms with Crippen LogP contribution in [0.3, 0.4) is 0 Å². The van der Waals surface area contributed by atoms with Crippen LogP contribution in [0.2, 0.25) is 0 Å². The number of carbonyl (C=O) groups is 3. The van der Waals surface area contributed by atoms with Crippen LogP contribution < -0.4 is 4.31 Å². The van der Waals surface area contributed by atoms with Gasteiger partial charge >= 0.3 is 17.9 Å². The maximum Gasteiger partial charge on any atom is 0.337 e. The summed E-state index contributed by atoms with van der Waals surface area (Å²) in [5, 5.41) is 0. The second kappa shape index (κ2) is 10.0. The van der Waals surface area contributed by atoms with Gasteiger partial charge in [-0.1, -0.05) is 0 Å². The summed E-state index contributed by atoms with van der Waals surface area (Å²) in [4.78, 5) is 35.6. The molecule has 0 atom stereocenters. The molecule has 0 saturated heterocycles. The minimum Gasteiger partial charge on any atom is -0.465 e. The summed E-state index contributed by atoms with van der Waals surface area (Å²) in [6.07, 6.45) is 0. The monoisotopic (exact) mass is 453 g/mol. The summed E-state index contributed by atoms with van der Waals surface area (Å²) in [5.41, 5.74) is -0.476. The maximum atomic E-state index is 13.4. The van der Waals surface area contributed by atoms with Crippen molar-refractivity contribution in [1.82, 2.24) is 0 Å². The zero-order valence-corrected chi connectivity index (χ0v) is 17.8. The summed E-state index contributed by atoms with van der Waals surface area (Å²) in [6.45, 7) is 0.843. The molecule has 2 rings (SSSR count). The molecule has 0 saturated carbocycles. The van der Waals surface area contributed by atoms with E-state index < -0.39 is 45.2 Å². The number of esters is 3. The Hall–Kier alpha value is -3.47. The van der Waals surface area contributed by atoms with Gasteiger partial charge in [0.1, 0.15) is 12.4 Å². The molecule has 2 aromatic rings. The first kappa shape index (κ1) is 23.8. The van der Waals surface area contributed by atoms with Gasteiger partial charge in [-0.3, -0.25) is 9.10 Å². The van der Waals surface area contributed by atoms with Crippen LogP contribution in [-0.4, -0.2) is 53.7 Å². The molecule has 0 bridgehead atoms. The molecule has 0 unspecified atom stereocenters. The van der Waals surface area contributed by atoms with Gasteiger partial charge in [-0.05, 0) is 49.4 Å². The minimum atomic E-state index is -4.51. The lowest BCUT2D eigenvalue weighted by molar-refractivity contribution is -0.141. The normalized spacial score (nSPS) is 10.8. The van der Waals surface area contributed by atoms with Crippen molar-refractivity contribution in [2.45, 2.75) is 11.8 Å². The molecular weight excluding hydrogens is 433 g/mol. The Bertz CT molecular complexity index is 1050. The highest BCUT2D eigenvalue weighted by molar-refractivity contribution is 7.92. The second-order valence-electron chi connectivity index (χ2n) is 6.02. The summed E-state index contributed by atoms with van der Waals surface area (Å²) in [7, 11) is -2.33. The number of methoxy groups -OCH3 is 2. The van der Waals surface area contributed by atoms with E-state index in [0.717, 1.165) is 56.7 Å². The molecule has 11 heteroatoms. The van der Waals surface area contributed by atoms with Crippen molar-refractivity contribution in [2.75, 3.05) is 31.7 Å². The van der Waals surface area contributed by atoms with Crippen LogP contribution in [0.5, 0.6) is 0 Å². The predicted molar refractivity (Wildman–Crippen MR) is 107 cm³/mol. The van der Waals surface area contributed by atoms with E-state index >= 15 is 0 Å². The number of hydrogen-bond donors (Lipinski definition) is 0. The van der Waals surface area contributed by atoms with E-state index in [1.165, 1.54) is 0 Å². The first-order valence-corrected chi connectivity index (χ1v) is 10.3. The standard InChI is InChI=1S/C20H20FNO8S/c1-4-30-18(23)12-22(16-7-5-15(21)6-8-16)31(26,27)17-10-13(19(24)28-2)9-14(11-17)20(25)29-3/h5-11H,4,12H2,1-3H3. The second-order valence-corrected chi connectivity index (χ2v) is 7.88. The molecule has 166 valence electrons. The Kier molecular flexibility index (Phi) is 7.70. The van der Waals surface area contributed by atoms with Crippen molar-refractivity contribution in [3.8, 4) is 0 Å². The van der Waals surface area contributed by atoms with Gasteiger partial charge in [0.25, 0.3) is 10.0 Å². The zero-order valence-electron chi connectivity index (χ0n) is 17.0. The van der Waals surface area contributed by atoms with Crippen molar-refractivity contribution in [2.24, 2.45) is 0 Å². The fourth-order valence-corrected chi connectivity index (χ4v) is 4.07. The molecule has 0 aliphatic carbocycles. The van der Waals surface area contributed by atoms with E-state index in [1.54, 1.807) is 6.92 Å². The van der Waals surface area contributed by atoms with Crippen molar-refractivity contribution in [3.05, 3.63) is 59.4 Å². The molecule has 0 radical (unpaired) electrons. The van der Waals surface area contributed by atoms with Crippen LogP contribution in [-0.2, 0) is 29.0 Å². The SMILES string of the molecule is CCOC(=O)CN(c1ccc(F)cc1)S(=O)(=O)c1cc(C(=O)OC)cc(C(=O)OC)c1. The van der Waals surface area contributed by atoms with Gasteiger partial charge in [-0.15, -0.1) is 0 Å². The quantitative estimate of drug-likeness (QED) is 0.441. The predicted octanol–water partition coefficient (Wildman–Crippen LogP) is 2.16. The Balaban J connectivity index is 2.67. The van der Waals surface area contributed by atoms with Gasteiger partial charge in [0, 0.05) is 0 Å². The van der Waals surface area contributed by atoms with Gasteiger partial charge in [0.2, 0.25) is 0 Å². The number of nitrogens with zero attached hydrogens (tertiary/aromatic N) is 1. The fourth-order valence-electron chi connectivity index (χ4n) is 2.59. The van der Waals surface area contributed by atoms with E-state index in [1.807, 2.05) is 0 Å². The van der Waals surface area contributed by atoms with Gasteiger partial charge in [0.05, 0.1) is 42.5 Å². The van der Waals surface area contributed by atoms with Crippen LogP contribution in [0.15, 0.2) is 47.4 Å². The first-order valence-electron chi connectivity index (χ1n) is 8.89. The summed E-state index contributed by atoms with van der Waals surface area (Å²) in [5.74, 6) is -3.24. The zero-order chi connectivity index (χ0) is 23.2. The van der Waals surface area contributed by atoms with Gasteiger partial charge in [-0.2, -0.15) is 0 Å². The number of benzene rings is 2. The number of rotatable bonds is 8. The number of sulfonamides is 1. The molecule has 31 heavy (non-hydrogen) atoms. The van der Waals surface area contributed by atoms with Crippen molar-refractivity contribution in [3.63, 3.8) is 0 Å². The van der Waals surface area contributed by atoms with Crippen LogP contribution in [0.25, 0.3) is 0 Å². The summed E-state index contributed by atoms with van der Waals surface area (Å²) < 4.78 is 54.9. The summed E-state index contributed by atoms with van der Waals surface area (Å²) in [6, 6.07) is 7.48. The van der Waals surface area contributed by atoms with Gasteiger partial charge < -0.3 is 14.2 Å². The third kappa shape index (κ3) is 5.57. The molecule has 0 heterocycles. The molecule has 0 N–H and O–H groups in total. The molecule has 2 aromatic carbocycles. The van der Waals surface area contributed by atoms with Gasteiger partial charge in [-0.25, -0.2) is 22.4 Å². The molecular formula is C20H20FNO8S. The lowest BCUT2D eigenvalue weighted by Crippen LogP contribution is -2.36. The Morgan fingerprint density at radius 2 is 1.45 bits per heavy atom. The Labute approximate surface area is 178 Å². The molecule has 9 nitrogen and oxygen atoms in total. The Morgan fingerprint density at radius 3 is 1.90 bits per heavy atom. The highest BCUT2D eigenvalue weighted by atomic mass is 32.2. The average Bonchev–Trinajstić information content (AvgIpc) is 2.76. The molecule has 0 amide bonds. The van der Waals surface area contributed by atoms with Crippen molar-refractivity contribution in [1.29, 1.82) is 0 Å². The molecule has 0 aliphatic heterocycles. The maximum absolute atomic E-state index is 13.4. The van der Waals surface area contributed by atoms with Crippen LogP contribution in [0, 0.1) is 5.82 Å². The Morgan fingerprint density at radius 1 is 0.935 bits per heavy atom. The van der Waals surface area contributed by atoms with E-state index in [9.17, 15) is 27.2 Å². The third-order valence-electron chi connectivity index (χ3n) is 4.03. The smallest absolute Gasteiger partial charge is 0.337 e. The van der Waals surface area contributed by atoms with E-state index in [0.29, 0.717) is 4.31 Å². The lowest BCUT2D eigenvalue weighted by atomic mass is 10.1. The highest BCUT2D eigenvalue weighted by Crippen LogP contribution is 2.26. The summed E-state index contributed by atoms with van der Waals surface area (Å²) >= 11 is 0. The molecule has 0 aliphatic rings. The number of carbonyl (C=O) groups excluding carboxylic acids is 3.